The molecule has 5 rings (SSSR count). The summed E-state index contributed by atoms with van der Waals surface area (Å²) >= 11 is 0. The Hall–Kier alpha value is -3.18. The molecule has 5 heteroatoms. The molecular weight excluding hydrogens is 436 g/mol. The lowest BCUT2D eigenvalue weighted by Gasteiger charge is -2.39. The molecule has 2 heterocycles. The normalized spacial score (nSPS) is 18.1. The molecule has 3 aromatic rings. The van der Waals surface area contributed by atoms with Crippen LogP contribution < -0.4 is 19.1 Å². The number of anilines is 2. The first kappa shape index (κ1) is 23.6. The Kier molecular flexibility index (Phi) is 7.43. The molecule has 0 bridgehead atoms. The van der Waals surface area contributed by atoms with Crippen molar-refractivity contribution >= 4 is 11.4 Å². The number of fused-ring (bicyclic) bond motifs is 1. The van der Waals surface area contributed by atoms with Crippen molar-refractivity contribution in [1.29, 1.82) is 0 Å². The van der Waals surface area contributed by atoms with E-state index in [0.29, 0.717) is 0 Å². The van der Waals surface area contributed by atoms with Crippen molar-refractivity contribution in [2.24, 2.45) is 0 Å². The van der Waals surface area contributed by atoms with Gasteiger partial charge in [0.1, 0.15) is 23.9 Å². The lowest BCUT2D eigenvalue weighted by Crippen LogP contribution is -2.33. The molecule has 0 amide bonds. The van der Waals surface area contributed by atoms with Gasteiger partial charge in [0.15, 0.2) is 0 Å². The van der Waals surface area contributed by atoms with Crippen LogP contribution in [0.3, 0.4) is 0 Å². The number of aryl methyl sites for hydroxylation is 1. The fraction of sp³-hybridized carbons (Fsp3) is 0.400. The second kappa shape index (κ2) is 11.0. The first-order valence-corrected chi connectivity index (χ1v) is 12.8. The van der Waals surface area contributed by atoms with Crippen LogP contribution in [0.4, 0.5) is 11.4 Å². The number of benzene rings is 3. The van der Waals surface area contributed by atoms with E-state index in [1.165, 1.54) is 49.2 Å². The Morgan fingerprint density at radius 1 is 0.800 bits per heavy atom. The molecule has 0 aliphatic carbocycles. The molecule has 0 N–H and O–H groups in total. The van der Waals surface area contributed by atoms with Gasteiger partial charge in [0.25, 0.3) is 0 Å². The molecule has 184 valence electrons. The zero-order chi connectivity index (χ0) is 24.0. The number of methoxy groups -OCH3 is 2. The minimum Gasteiger partial charge on any atom is -0.497 e. The highest BCUT2D eigenvalue weighted by atomic mass is 16.5. The van der Waals surface area contributed by atoms with Crippen molar-refractivity contribution in [2.45, 2.75) is 38.1 Å². The predicted molar refractivity (Wildman–Crippen MR) is 141 cm³/mol. The van der Waals surface area contributed by atoms with Crippen molar-refractivity contribution in [3.8, 4) is 17.2 Å². The Morgan fingerprint density at radius 3 is 2.31 bits per heavy atom. The molecular formula is C30H36N2O3. The highest BCUT2D eigenvalue weighted by Crippen LogP contribution is 2.45. The number of likely N-dealkylation sites (tertiary alicyclic amines) is 1. The lowest BCUT2D eigenvalue weighted by atomic mass is 9.90. The number of ether oxygens (including phenoxy) is 3. The SMILES string of the molecule is COc1cccc(C2CCc3cc(OC)ccc3N2c2ccc(OCCN3CCCCC3)cc2)c1. The van der Waals surface area contributed by atoms with Crippen molar-refractivity contribution in [3.63, 3.8) is 0 Å². The standard InChI is InChI=1S/C30H36N2O3/c1-33-27-8-6-7-23(21-27)29-15-9-24-22-28(34-2)14-16-30(24)32(29)25-10-12-26(13-11-25)35-20-19-31-17-4-3-5-18-31/h6-8,10-14,16,21-22,29H,3-5,9,15,17-20H2,1-2H3. The molecule has 3 aromatic carbocycles. The van der Waals surface area contributed by atoms with Crippen LogP contribution in [0.25, 0.3) is 0 Å². The van der Waals surface area contributed by atoms with E-state index in [4.69, 9.17) is 14.2 Å². The molecule has 0 spiro atoms. The summed E-state index contributed by atoms with van der Waals surface area (Å²) in [6.07, 6.45) is 6.00. The number of rotatable bonds is 8. The number of hydrogen-bond donors (Lipinski definition) is 0. The summed E-state index contributed by atoms with van der Waals surface area (Å²) < 4.78 is 17.1. The van der Waals surface area contributed by atoms with E-state index in [9.17, 15) is 0 Å². The molecule has 1 atom stereocenters. The van der Waals surface area contributed by atoms with Gasteiger partial charge in [-0.2, -0.15) is 0 Å². The summed E-state index contributed by atoms with van der Waals surface area (Å²) in [5, 5.41) is 0. The Balaban J connectivity index is 1.38. The van der Waals surface area contributed by atoms with Crippen molar-refractivity contribution < 1.29 is 14.2 Å². The van der Waals surface area contributed by atoms with Gasteiger partial charge < -0.3 is 19.1 Å². The third-order valence-electron chi connectivity index (χ3n) is 7.26. The van der Waals surface area contributed by atoms with Gasteiger partial charge in [0.05, 0.1) is 20.3 Å². The lowest BCUT2D eigenvalue weighted by molar-refractivity contribution is 0.183. The summed E-state index contributed by atoms with van der Waals surface area (Å²) in [4.78, 5) is 4.96. The van der Waals surface area contributed by atoms with Crippen LogP contribution in [0.5, 0.6) is 17.2 Å². The molecule has 1 saturated heterocycles. The maximum Gasteiger partial charge on any atom is 0.119 e. The highest BCUT2D eigenvalue weighted by molar-refractivity contribution is 5.71. The summed E-state index contributed by atoms with van der Waals surface area (Å²) in [5.41, 5.74) is 4.95. The third-order valence-corrected chi connectivity index (χ3v) is 7.26. The average molecular weight is 473 g/mol. The molecule has 35 heavy (non-hydrogen) atoms. The van der Waals surface area contributed by atoms with Crippen molar-refractivity contribution in [3.05, 3.63) is 77.9 Å². The molecule has 2 aliphatic heterocycles. The third kappa shape index (κ3) is 5.40. The first-order chi connectivity index (χ1) is 17.2. The number of hydrogen-bond acceptors (Lipinski definition) is 5. The fourth-order valence-corrected chi connectivity index (χ4v) is 5.38. The van der Waals surface area contributed by atoms with Crippen LogP contribution in [-0.4, -0.2) is 45.4 Å². The second-order valence-electron chi connectivity index (χ2n) is 9.44. The summed E-state index contributed by atoms with van der Waals surface area (Å²) in [6, 6.07) is 23.6. The predicted octanol–water partition coefficient (Wildman–Crippen LogP) is 6.39. The van der Waals surface area contributed by atoms with E-state index in [1.54, 1.807) is 14.2 Å². The van der Waals surface area contributed by atoms with E-state index < -0.39 is 0 Å². The summed E-state index contributed by atoms with van der Waals surface area (Å²) in [6.45, 7) is 4.14. The topological polar surface area (TPSA) is 34.2 Å². The van der Waals surface area contributed by atoms with E-state index in [0.717, 1.165) is 48.9 Å². The summed E-state index contributed by atoms with van der Waals surface area (Å²) in [7, 11) is 3.45. The Morgan fingerprint density at radius 2 is 1.54 bits per heavy atom. The minimum absolute atomic E-state index is 0.219. The Labute approximate surface area is 209 Å². The van der Waals surface area contributed by atoms with Crippen LogP contribution in [0.15, 0.2) is 66.7 Å². The first-order valence-electron chi connectivity index (χ1n) is 12.8. The zero-order valence-corrected chi connectivity index (χ0v) is 20.9. The van der Waals surface area contributed by atoms with Crippen LogP contribution >= 0.6 is 0 Å². The molecule has 0 saturated carbocycles. The largest absolute Gasteiger partial charge is 0.497 e. The Bertz CT molecular complexity index is 1110. The maximum atomic E-state index is 6.10. The smallest absolute Gasteiger partial charge is 0.119 e. The second-order valence-corrected chi connectivity index (χ2v) is 9.44. The van der Waals surface area contributed by atoms with Gasteiger partial charge in [-0.05, 0) is 104 Å². The van der Waals surface area contributed by atoms with E-state index in [1.807, 2.05) is 6.07 Å². The van der Waals surface area contributed by atoms with Gasteiger partial charge in [-0.25, -0.2) is 0 Å². The molecule has 1 fully saturated rings. The monoisotopic (exact) mass is 472 g/mol. The van der Waals surface area contributed by atoms with Crippen molar-refractivity contribution in [2.75, 3.05) is 45.4 Å². The molecule has 1 unspecified atom stereocenters. The zero-order valence-electron chi connectivity index (χ0n) is 20.9. The maximum absolute atomic E-state index is 6.10. The van der Waals surface area contributed by atoms with Gasteiger partial charge in [0, 0.05) is 17.9 Å². The number of nitrogens with zero attached hydrogens (tertiary/aromatic N) is 2. The van der Waals surface area contributed by atoms with Crippen LogP contribution in [0, 0.1) is 0 Å². The van der Waals surface area contributed by atoms with Gasteiger partial charge in [0.2, 0.25) is 0 Å². The summed E-state index contributed by atoms with van der Waals surface area (Å²) in [5.74, 6) is 2.72. The van der Waals surface area contributed by atoms with Gasteiger partial charge >= 0.3 is 0 Å². The minimum atomic E-state index is 0.219. The molecule has 0 aromatic heterocycles. The van der Waals surface area contributed by atoms with Crippen molar-refractivity contribution in [1.82, 2.24) is 4.90 Å². The van der Waals surface area contributed by atoms with Crippen LogP contribution in [0.2, 0.25) is 0 Å². The van der Waals surface area contributed by atoms with Gasteiger partial charge in [-0.1, -0.05) is 18.6 Å². The molecule has 0 radical (unpaired) electrons. The van der Waals surface area contributed by atoms with Gasteiger partial charge in [-0.15, -0.1) is 0 Å². The van der Waals surface area contributed by atoms with E-state index in [-0.39, 0.29) is 6.04 Å². The average Bonchev–Trinajstić information content (AvgIpc) is 2.93. The van der Waals surface area contributed by atoms with Gasteiger partial charge in [-0.3, -0.25) is 4.90 Å². The molecule has 2 aliphatic rings. The fourth-order valence-electron chi connectivity index (χ4n) is 5.38. The quantitative estimate of drug-likeness (QED) is 0.379. The number of piperidine rings is 1. The van der Waals surface area contributed by atoms with Crippen LogP contribution in [0.1, 0.15) is 42.9 Å². The van der Waals surface area contributed by atoms with E-state index >= 15 is 0 Å². The van der Waals surface area contributed by atoms with E-state index in [2.05, 4.69) is 70.5 Å². The van der Waals surface area contributed by atoms with Crippen LogP contribution in [-0.2, 0) is 6.42 Å². The molecule has 5 nitrogen and oxygen atoms in total. The highest BCUT2D eigenvalue weighted by Gasteiger charge is 2.29.